The molecule has 176 valence electrons. The van der Waals surface area contributed by atoms with Gasteiger partial charge in [0.05, 0.1) is 25.4 Å². The molecular weight excluding hydrogens is 446 g/mol. The summed E-state index contributed by atoms with van der Waals surface area (Å²) in [5.41, 5.74) is 4.19. The topological polar surface area (TPSA) is 69.4 Å². The van der Waals surface area contributed by atoms with Crippen molar-refractivity contribution in [3.05, 3.63) is 95.6 Å². The van der Waals surface area contributed by atoms with Crippen LogP contribution in [-0.2, 0) is 11.8 Å². The van der Waals surface area contributed by atoms with E-state index in [9.17, 15) is 5.11 Å². The first-order valence-electron chi connectivity index (χ1n) is 11.1. The molecule has 0 amide bonds. The molecule has 0 aliphatic carbocycles. The van der Waals surface area contributed by atoms with E-state index in [1.807, 2.05) is 66.2 Å². The molecule has 2 atom stereocenters. The second-order valence-electron chi connectivity index (χ2n) is 8.07. The van der Waals surface area contributed by atoms with Crippen molar-refractivity contribution in [2.45, 2.75) is 24.3 Å². The molecule has 1 N–H and O–H groups in total. The van der Waals surface area contributed by atoms with E-state index < -0.39 is 6.10 Å². The average molecular weight is 476 g/mol. The lowest BCUT2D eigenvalue weighted by Gasteiger charge is -2.21. The first kappa shape index (κ1) is 24.0. The van der Waals surface area contributed by atoms with Crippen LogP contribution in [0.3, 0.4) is 0 Å². The lowest BCUT2D eigenvalue weighted by atomic mass is 10.0. The number of hydrogen-bond donors (Lipinski definition) is 1. The number of benzene rings is 3. The predicted molar refractivity (Wildman–Crippen MR) is 135 cm³/mol. The molecule has 6 nitrogen and oxygen atoms in total. The summed E-state index contributed by atoms with van der Waals surface area (Å²) < 4.78 is 13.6. The van der Waals surface area contributed by atoms with Crippen LogP contribution in [0.4, 0.5) is 0 Å². The molecule has 1 aromatic heterocycles. The molecule has 0 saturated heterocycles. The highest BCUT2D eigenvalue weighted by molar-refractivity contribution is 7.99. The first-order valence-corrected chi connectivity index (χ1v) is 12.1. The monoisotopic (exact) mass is 475 g/mol. The normalized spacial score (nSPS) is 12.9. The van der Waals surface area contributed by atoms with Crippen molar-refractivity contribution in [2.24, 2.45) is 7.05 Å². The second kappa shape index (κ2) is 11.3. The van der Waals surface area contributed by atoms with Crippen molar-refractivity contribution in [1.29, 1.82) is 0 Å². The van der Waals surface area contributed by atoms with Gasteiger partial charge in [0.2, 0.25) is 0 Å². The molecule has 1 heterocycles. The van der Waals surface area contributed by atoms with Crippen LogP contribution in [0.15, 0.2) is 84.0 Å². The average Bonchev–Trinajstić information content (AvgIpc) is 3.24. The van der Waals surface area contributed by atoms with Crippen LogP contribution in [0.25, 0.3) is 11.4 Å². The zero-order chi connectivity index (χ0) is 23.9. The molecule has 0 saturated carbocycles. The van der Waals surface area contributed by atoms with Gasteiger partial charge < -0.3 is 19.1 Å². The van der Waals surface area contributed by atoms with Gasteiger partial charge in [-0.25, -0.2) is 0 Å². The van der Waals surface area contributed by atoms with Gasteiger partial charge in [0.1, 0.15) is 11.9 Å². The number of thioether (sulfide) groups is 1. The summed E-state index contributed by atoms with van der Waals surface area (Å²) in [6, 6.07) is 26.1. The van der Waals surface area contributed by atoms with Crippen molar-refractivity contribution >= 4 is 11.8 Å². The Kier molecular flexibility index (Phi) is 8.00. The van der Waals surface area contributed by atoms with Gasteiger partial charge in [-0.05, 0) is 30.2 Å². The number of nitrogens with zero attached hydrogens (tertiary/aromatic N) is 3. The molecule has 7 heteroatoms. The second-order valence-corrected chi connectivity index (χ2v) is 9.05. The molecule has 34 heavy (non-hydrogen) atoms. The fourth-order valence-corrected chi connectivity index (χ4v) is 4.50. The van der Waals surface area contributed by atoms with Crippen LogP contribution in [0, 0.1) is 6.92 Å². The molecule has 0 aliphatic heterocycles. The fraction of sp³-hybridized carbons (Fsp3) is 0.259. The molecule has 0 fully saturated rings. The summed E-state index contributed by atoms with van der Waals surface area (Å²) >= 11 is 1.45. The molecule has 0 bridgehead atoms. The Morgan fingerprint density at radius 1 is 0.912 bits per heavy atom. The van der Waals surface area contributed by atoms with E-state index in [1.54, 1.807) is 7.11 Å². The molecule has 2 unspecified atom stereocenters. The maximum atomic E-state index is 10.7. The molecule has 0 aliphatic rings. The first-order chi connectivity index (χ1) is 16.6. The minimum absolute atomic E-state index is 0.206. The van der Waals surface area contributed by atoms with Gasteiger partial charge >= 0.3 is 0 Å². The van der Waals surface area contributed by atoms with Crippen molar-refractivity contribution in [1.82, 2.24) is 14.8 Å². The van der Waals surface area contributed by atoms with Gasteiger partial charge in [0.25, 0.3) is 0 Å². The van der Waals surface area contributed by atoms with Crippen LogP contribution in [0.1, 0.15) is 22.8 Å². The number of aliphatic hydroxyl groups is 1. The number of hydrogen-bond acceptors (Lipinski definition) is 6. The smallest absolute Gasteiger partial charge is 0.191 e. The van der Waals surface area contributed by atoms with Gasteiger partial charge in [-0.3, -0.25) is 0 Å². The molecular formula is C27H29N3O3S. The fourth-order valence-electron chi connectivity index (χ4n) is 3.68. The molecule has 4 rings (SSSR count). The Bertz CT molecular complexity index is 1200. The highest BCUT2D eigenvalue weighted by atomic mass is 32.2. The number of rotatable bonds is 10. The third kappa shape index (κ3) is 5.67. The molecule has 3 aromatic carbocycles. The van der Waals surface area contributed by atoms with Crippen molar-refractivity contribution in [3.63, 3.8) is 0 Å². The van der Waals surface area contributed by atoms with Gasteiger partial charge in [-0.1, -0.05) is 84.1 Å². The van der Waals surface area contributed by atoms with Crippen LogP contribution < -0.4 is 4.74 Å². The number of methoxy groups -OCH3 is 1. The van der Waals surface area contributed by atoms with E-state index >= 15 is 0 Å². The zero-order valence-corrected chi connectivity index (χ0v) is 20.4. The minimum Gasteiger partial charge on any atom is -0.496 e. The van der Waals surface area contributed by atoms with Gasteiger partial charge in [0, 0.05) is 12.8 Å². The van der Waals surface area contributed by atoms with Crippen LogP contribution in [-0.4, -0.2) is 45.4 Å². The third-order valence-corrected chi connectivity index (χ3v) is 6.69. The minimum atomic E-state index is -0.659. The van der Waals surface area contributed by atoms with Gasteiger partial charge in [-0.2, -0.15) is 0 Å². The highest BCUT2D eigenvalue weighted by Crippen LogP contribution is 2.31. The standard InChI is InChI=1S/C27H29N3O3S/c1-19-13-15-21(16-14-19)25(20-9-5-4-6-10-20)33-17-22(31)18-34-27-29-28-26(30(27)2)23-11-7-8-12-24(23)32-3/h4-16,22,25,31H,17-18H2,1-3H3. The van der Waals surface area contributed by atoms with E-state index in [1.165, 1.54) is 17.3 Å². The maximum absolute atomic E-state index is 10.7. The summed E-state index contributed by atoms with van der Waals surface area (Å²) in [6.45, 7) is 2.27. The summed E-state index contributed by atoms with van der Waals surface area (Å²) in [5.74, 6) is 1.90. The Morgan fingerprint density at radius 3 is 2.32 bits per heavy atom. The highest BCUT2D eigenvalue weighted by Gasteiger charge is 2.19. The summed E-state index contributed by atoms with van der Waals surface area (Å²) in [7, 11) is 3.55. The van der Waals surface area contributed by atoms with E-state index in [0.29, 0.717) is 11.6 Å². The Labute approximate surface area is 204 Å². The summed E-state index contributed by atoms with van der Waals surface area (Å²) in [4.78, 5) is 0. The number of aliphatic hydroxyl groups excluding tert-OH is 1. The van der Waals surface area contributed by atoms with Gasteiger partial charge in [-0.15, -0.1) is 10.2 Å². The molecule has 0 spiro atoms. The molecule has 0 radical (unpaired) electrons. The van der Waals surface area contributed by atoms with Crippen molar-refractivity contribution in [2.75, 3.05) is 19.5 Å². The van der Waals surface area contributed by atoms with E-state index in [0.717, 1.165) is 27.6 Å². The number of aromatic nitrogens is 3. The van der Waals surface area contributed by atoms with E-state index in [4.69, 9.17) is 9.47 Å². The summed E-state index contributed by atoms with van der Waals surface area (Å²) in [5, 5.41) is 20.0. The Morgan fingerprint density at radius 2 is 1.59 bits per heavy atom. The zero-order valence-electron chi connectivity index (χ0n) is 19.6. The molecule has 4 aromatic rings. The van der Waals surface area contributed by atoms with E-state index in [-0.39, 0.29) is 12.7 Å². The number of aryl methyl sites for hydroxylation is 1. The maximum Gasteiger partial charge on any atom is 0.191 e. The van der Waals surface area contributed by atoms with Crippen LogP contribution >= 0.6 is 11.8 Å². The summed E-state index contributed by atoms with van der Waals surface area (Å²) in [6.07, 6.45) is -0.901. The predicted octanol–water partition coefficient (Wildman–Crippen LogP) is 5.06. The lowest BCUT2D eigenvalue weighted by Crippen LogP contribution is -2.21. The Hall–Kier alpha value is -3.13. The number of ether oxygens (including phenoxy) is 2. The number of para-hydroxylation sites is 1. The SMILES string of the molecule is COc1ccccc1-c1nnc(SCC(O)COC(c2ccccc2)c2ccc(C)cc2)n1C. The quantitative estimate of drug-likeness (QED) is 0.324. The van der Waals surface area contributed by atoms with Gasteiger partial charge in [0.15, 0.2) is 11.0 Å². The largest absolute Gasteiger partial charge is 0.496 e. The Balaban J connectivity index is 1.40. The van der Waals surface area contributed by atoms with E-state index in [2.05, 4.69) is 41.4 Å². The van der Waals surface area contributed by atoms with Crippen LogP contribution in [0.5, 0.6) is 5.75 Å². The van der Waals surface area contributed by atoms with Crippen molar-refractivity contribution in [3.8, 4) is 17.1 Å². The van der Waals surface area contributed by atoms with Crippen molar-refractivity contribution < 1.29 is 14.6 Å². The third-order valence-electron chi connectivity index (χ3n) is 5.53. The lowest BCUT2D eigenvalue weighted by molar-refractivity contribution is 0.0155. The van der Waals surface area contributed by atoms with Crippen LogP contribution in [0.2, 0.25) is 0 Å².